The molecule has 1 aliphatic heterocycles. The minimum absolute atomic E-state index is 0.0115. The smallest absolute Gasteiger partial charge is 0.0784 e. The lowest BCUT2D eigenvalue weighted by molar-refractivity contribution is 0.0119. The molecule has 0 aromatic carbocycles. The van der Waals surface area contributed by atoms with Crippen molar-refractivity contribution in [1.29, 1.82) is 0 Å². The molecule has 92 valence electrons. The molecule has 1 aliphatic rings. The van der Waals surface area contributed by atoms with Crippen molar-refractivity contribution in [3.63, 3.8) is 0 Å². The molecule has 0 saturated heterocycles. The molecule has 1 heterocycles. The Bertz CT molecular complexity index is 335. The first-order valence-corrected chi connectivity index (χ1v) is 6.45. The van der Waals surface area contributed by atoms with Crippen LogP contribution in [0.15, 0.2) is 36.5 Å². The molecule has 1 nitrogen and oxygen atoms in total. The van der Waals surface area contributed by atoms with E-state index in [1.807, 2.05) is 18.2 Å². The molecule has 0 N–H and O–H groups in total. The van der Waals surface area contributed by atoms with Crippen LogP contribution < -0.4 is 0 Å². The summed E-state index contributed by atoms with van der Waals surface area (Å²) in [5.41, 5.74) is 0. The Kier molecular flexibility index (Phi) is 6.77. The monoisotopic (exact) mass is 250 g/mol. The van der Waals surface area contributed by atoms with E-state index in [0.717, 1.165) is 19.3 Å². The number of hydrogen-bond acceptors (Lipinski definition) is 1. The summed E-state index contributed by atoms with van der Waals surface area (Å²) in [6, 6.07) is 0. The van der Waals surface area contributed by atoms with Gasteiger partial charge in [0.05, 0.1) is 17.6 Å². The molecule has 3 atom stereocenters. The van der Waals surface area contributed by atoms with Gasteiger partial charge in [-0.15, -0.1) is 18.0 Å². The van der Waals surface area contributed by atoms with E-state index in [9.17, 15) is 0 Å². The summed E-state index contributed by atoms with van der Waals surface area (Å²) in [4.78, 5) is 0. The minimum Gasteiger partial charge on any atom is -0.369 e. The lowest BCUT2D eigenvalue weighted by atomic mass is 10.1. The maximum Gasteiger partial charge on any atom is 0.0784 e. The van der Waals surface area contributed by atoms with Crippen LogP contribution in [-0.4, -0.2) is 17.6 Å². The molecule has 0 spiro atoms. The highest BCUT2D eigenvalue weighted by atomic mass is 35.5. The third kappa shape index (κ3) is 5.26. The second-order valence-electron chi connectivity index (χ2n) is 3.99. The van der Waals surface area contributed by atoms with Gasteiger partial charge in [0.15, 0.2) is 0 Å². The van der Waals surface area contributed by atoms with E-state index < -0.39 is 0 Å². The van der Waals surface area contributed by atoms with Crippen molar-refractivity contribution >= 4 is 11.6 Å². The zero-order valence-electron chi connectivity index (χ0n) is 10.2. The van der Waals surface area contributed by atoms with Crippen LogP contribution in [0.2, 0.25) is 0 Å². The van der Waals surface area contributed by atoms with Gasteiger partial charge in [-0.05, 0) is 25.3 Å². The quantitative estimate of drug-likeness (QED) is 0.546. The van der Waals surface area contributed by atoms with Crippen molar-refractivity contribution in [1.82, 2.24) is 0 Å². The number of allylic oxidation sites excluding steroid dienone is 4. The Hall–Kier alpha value is -0.970. The summed E-state index contributed by atoms with van der Waals surface area (Å²) >= 11 is 6.34. The van der Waals surface area contributed by atoms with Gasteiger partial charge in [-0.3, -0.25) is 0 Å². The average Bonchev–Trinajstić information content (AvgIpc) is 2.42. The average molecular weight is 251 g/mol. The van der Waals surface area contributed by atoms with Gasteiger partial charge in [0, 0.05) is 0 Å². The van der Waals surface area contributed by atoms with Crippen LogP contribution in [0.3, 0.4) is 0 Å². The van der Waals surface area contributed by atoms with Crippen molar-refractivity contribution in [2.75, 3.05) is 0 Å². The van der Waals surface area contributed by atoms with Gasteiger partial charge in [0.2, 0.25) is 0 Å². The first kappa shape index (κ1) is 14.1. The van der Waals surface area contributed by atoms with E-state index in [-0.39, 0.29) is 17.6 Å². The lowest BCUT2D eigenvalue weighted by Crippen LogP contribution is -2.28. The van der Waals surface area contributed by atoms with Gasteiger partial charge in [-0.1, -0.05) is 43.2 Å². The highest BCUT2D eigenvalue weighted by molar-refractivity contribution is 6.21. The van der Waals surface area contributed by atoms with Crippen LogP contribution in [0.1, 0.15) is 26.2 Å². The van der Waals surface area contributed by atoms with Crippen LogP contribution in [0.5, 0.6) is 0 Å². The number of ether oxygens (including phenoxy) is 1. The summed E-state index contributed by atoms with van der Waals surface area (Å²) in [6.45, 7) is 2.11. The number of rotatable bonds is 3. The first-order valence-electron chi connectivity index (χ1n) is 6.02. The molecule has 0 saturated carbocycles. The highest BCUT2D eigenvalue weighted by Gasteiger charge is 2.21. The van der Waals surface area contributed by atoms with Gasteiger partial charge >= 0.3 is 0 Å². The van der Waals surface area contributed by atoms with E-state index in [0.29, 0.717) is 0 Å². The van der Waals surface area contributed by atoms with Gasteiger partial charge < -0.3 is 4.74 Å². The molecule has 1 rings (SSSR count). The molecule has 0 aromatic rings. The fourth-order valence-electron chi connectivity index (χ4n) is 1.69. The molecule has 0 aliphatic carbocycles. The molecule has 0 aromatic heterocycles. The normalized spacial score (nSPS) is 33.4. The summed E-state index contributed by atoms with van der Waals surface area (Å²) in [5, 5.41) is -0.0115. The van der Waals surface area contributed by atoms with E-state index in [1.54, 1.807) is 6.08 Å². The maximum atomic E-state index is 6.34. The first-order chi connectivity index (χ1) is 8.27. The third-order valence-electron chi connectivity index (χ3n) is 2.67. The van der Waals surface area contributed by atoms with Crippen LogP contribution in [0.25, 0.3) is 0 Å². The topological polar surface area (TPSA) is 9.23 Å². The largest absolute Gasteiger partial charge is 0.369 e. The van der Waals surface area contributed by atoms with Gasteiger partial charge in [0.25, 0.3) is 0 Å². The molecular weight excluding hydrogens is 232 g/mol. The summed E-state index contributed by atoms with van der Waals surface area (Å²) in [6.07, 6.45) is 19.7. The Labute approximate surface area is 109 Å². The molecular formula is C15H19ClO. The second kappa shape index (κ2) is 8.17. The SMILES string of the molecule is C#C/C=C\C[C@@H]1O[C@@H](CC)/C=C/C=C\C[C@@H]1Cl. The van der Waals surface area contributed by atoms with Crippen molar-refractivity contribution in [2.24, 2.45) is 0 Å². The summed E-state index contributed by atoms with van der Waals surface area (Å²) in [5.74, 6) is 2.48. The van der Waals surface area contributed by atoms with E-state index in [2.05, 4.69) is 25.0 Å². The van der Waals surface area contributed by atoms with Gasteiger partial charge in [-0.2, -0.15) is 0 Å². The molecule has 0 bridgehead atoms. The molecule has 0 fully saturated rings. The Morgan fingerprint density at radius 1 is 1.53 bits per heavy atom. The standard InChI is InChI=1S/C15H19ClO/c1-3-5-7-12-15-14(16)11-9-6-8-10-13(4-2)17-15/h1,5-10,13-15H,4,11-12H2,2H3/b7-5-,9-6-,10-8+/t13-,14-,15-/m0/s1. The van der Waals surface area contributed by atoms with Crippen molar-refractivity contribution < 1.29 is 4.74 Å². The van der Waals surface area contributed by atoms with Crippen LogP contribution in [0.4, 0.5) is 0 Å². The van der Waals surface area contributed by atoms with Crippen LogP contribution in [0, 0.1) is 12.3 Å². The van der Waals surface area contributed by atoms with Crippen molar-refractivity contribution in [3.05, 3.63) is 36.5 Å². The van der Waals surface area contributed by atoms with Crippen molar-refractivity contribution in [3.8, 4) is 12.3 Å². The van der Waals surface area contributed by atoms with E-state index >= 15 is 0 Å². The maximum absolute atomic E-state index is 6.34. The minimum atomic E-state index is -0.0115. The van der Waals surface area contributed by atoms with E-state index in [4.69, 9.17) is 22.8 Å². The predicted octanol–water partition coefficient (Wildman–Crippen LogP) is 3.85. The van der Waals surface area contributed by atoms with Crippen LogP contribution >= 0.6 is 11.6 Å². The Morgan fingerprint density at radius 3 is 3.06 bits per heavy atom. The number of halogens is 1. The van der Waals surface area contributed by atoms with Crippen molar-refractivity contribution in [2.45, 2.75) is 43.8 Å². The number of terminal acetylenes is 1. The fourth-order valence-corrected chi connectivity index (χ4v) is 1.95. The summed E-state index contributed by atoms with van der Waals surface area (Å²) < 4.78 is 6.00. The zero-order chi connectivity index (χ0) is 12.5. The third-order valence-corrected chi connectivity index (χ3v) is 3.13. The van der Waals surface area contributed by atoms with E-state index in [1.165, 1.54) is 0 Å². The number of alkyl halides is 1. The zero-order valence-corrected chi connectivity index (χ0v) is 10.9. The van der Waals surface area contributed by atoms with Gasteiger partial charge in [-0.25, -0.2) is 0 Å². The molecule has 0 unspecified atom stereocenters. The Morgan fingerprint density at radius 2 is 2.35 bits per heavy atom. The predicted molar refractivity (Wildman–Crippen MR) is 74.1 cm³/mol. The van der Waals surface area contributed by atoms with Gasteiger partial charge in [0.1, 0.15) is 0 Å². The van der Waals surface area contributed by atoms with Crippen LogP contribution in [-0.2, 0) is 4.74 Å². The second-order valence-corrected chi connectivity index (χ2v) is 4.55. The highest BCUT2D eigenvalue weighted by Crippen LogP contribution is 2.20. The molecule has 0 radical (unpaired) electrons. The Balaban J connectivity index is 2.68. The lowest BCUT2D eigenvalue weighted by Gasteiger charge is -2.24. The molecule has 17 heavy (non-hydrogen) atoms. The summed E-state index contributed by atoms with van der Waals surface area (Å²) in [7, 11) is 0. The molecule has 0 amide bonds. The molecule has 2 heteroatoms. The fraction of sp³-hybridized carbons (Fsp3) is 0.467. The number of hydrogen-bond donors (Lipinski definition) is 0.